The number of aryl methyl sites for hydroxylation is 2. The van der Waals surface area contributed by atoms with Gasteiger partial charge in [0.1, 0.15) is 6.29 Å². The summed E-state index contributed by atoms with van der Waals surface area (Å²) >= 11 is 0. The monoisotopic (exact) mass is 212 g/mol. The second kappa shape index (κ2) is 5.59. The van der Waals surface area contributed by atoms with Gasteiger partial charge in [0, 0.05) is 12.0 Å². The molecule has 0 bridgehead atoms. The van der Waals surface area contributed by atoms with Crippen LogP contribution in [0, 0.1) is 0 Å². The molecule has 0 saturated carbocycles. The number of carbonyl (C=O) groups excluding carboxylic acids is 1. The minimum absolute atomic E-state index is 0.113. The van der Waals surface area contributed by atoms with Crippen LogP contribution in [-0.4, -0.2) is 6.29 Å². The van der Waals surface area contributed by atoms with Gasteiger partial charge in [0.2, 0.25) is 0 Å². The number of halogens is 2. The largest absolute Gasteiger partial charge is 0.303 e. The Hall–Kier alpha value is -1.25. The average molecular weight is 212 g/mol. The minimum Gasteiger partial charge on any atom is -0.303 e. The molecule has 0 radical (unpaired) electrons. The lowest BCUT2D eigenvalue weighted by Crippen LogP contribution is -2.00. The maximum atomic E-state index is 12.8. The molecule has 0 amide bonds. The molecule has 3 heteroatoms. The maximum absolute atomic E-state index is 12.8. The summed E-state index contributed by atoms with van der Waals surface area (Å²) in [6, 6.07) is 5.15. The van der Waals surface area contributed by atoms with E-state index in [1.807, 2.05) is 6.92 Å². The zero-order chi connectivity index (χ0) is 11.3. The molecule has 15 heavy (non-hydrogen) atoms. The van der Waals surface area contributed by atoms with Crippen LogP contribution < -0.4 is 0 Å². The van der Waals surface area contributed by atoms with E-state index in [9.17, 15) is 13.6 Å². The van der Waals surface area contributed by atoms with Crippen LogP contribution >= 0.6 is 0 Å². The Morgan fingerprint density at radius 3 is 2.53 bits per heavy atom. The number of rotatable bonds is 5. The van der Waals surface area contributed by atoms with Crippen molar-refractivity contribution in [2.75, 3.05) is 0 Å². The summed E-state index contributed by atoms with van der Waals surface area (Å²) in [4.78, 5) is 10.2. The highest BCUT2D eigenvalue weighted by molar-refractivity contribution is 5.50. The predicted octanol–water partition coefficient (Wildman–Crippen LogP) is 3.32. The van der Waals surface area contributed by atoms with Gasteiger partial charge in [0.05, 0.1) is 0 Å². The fourth-order valence-electron chi connectivity index (χ4n) is 1.69. The van der Waals surface area contributed by atoms with Gasteiger partial charge in [0.25, 0.3) is 6.43 Å². The molecule has 0 aliphatic heterocycles. The first kappa shape index (κ1) is 11.8. The molecular formula is C12H14F2O. The van der Waals surface area contributed by atoms with E-state index in [1.54, 1.807) is 18.2 Å². The van der Waals surface area contributed by atoms with Gasteiger partial charge in [-0.2, -0.15) is 0 Å². The van der Waals surface area contributed by atoms with Crippen molar-refractivity contribution in [3.05, 3.63) is 34.9 Å². The molecule has 1 rings (SSSR count). The third-order valence-electron chi connectivity index (χ3n) is 2.42. The quantitative estimate of drug-likeness (QED) is 0.684. The van der Waals surface area contributed by atoms with Crippen molar-refractivity contribution >= 4 is 6.29 Å². The first-order valence-electron chi connectivity index (χ1n) is 5.03. The summed E-state index contributed by atoms with van der Waals surface area (Å²) in [6.45, 7) is 1.85. The second-order valence-electron chi connectivity index (χ2n) is 3.35. The van der Waals surface area contributed by atoms with Crippen molar-refractivity contribution in [2.24, 2.45) is 0 Å². The number of hydrogen-bond acceptors (Lipinski definition) is 1. The standard InChI is InChI=1S/C12H14F2O/c1-2-9-5-3-6-10(7-4-8-15)11(9)12(13)14/h3,5-6,8,12H,2,4,7H2,1H3. The molecule has 0 unspecified atom stereocenters. The van der Waals surface area contributed by atoms with E-state index in [0.29, 0.717) is 30.4 Å². The van der Waals surface area contributed by atoms with Gasteiger partial charge < -0.3 is 4.79 Å². The lowest BCUT2D eigenvalue weighted by Gasteiger charge is -2.12. The molecule has 0 atom stereocenters. The first-order chi connectivity index (χ1) is 7.20. The zero-order valence-electron chi connectivity index (χ0n) is 8.67. The van der Waals surface area contributed by atoms with Crippen LogP contribution in [-0.2, 0) is 17.6 Å². The van der Waals surface area contributed by atoms with Crippen molar-refractivity contribution < 1.29 is 13.6 Å². The smallest absolute Gasteiger partial charge is 0.264 e. The number of carbonyl (C=O) groups is 1. The zero-order valence-corrected chi connectivity index (χ0v) is 8.67. The van der Waals surface area contributed by atoms with Gasteiger partial charge >= 0.3 is 0 Å². The summed E-state index contributed by atoms with van der Waals surface area (Å²) in [7, 11) is 0. The van der Waals surface area contributed by atoms with Crippen LogP contribution in [0.3, 0.4) is 0 Å². The Morgan fingerprint density at radius 2 is 2.00 bits per heavy atom. The molecular weight excluding hydrogens is 198 g/mol. The molecule has 0 saturated heterocycles. The summed E-state index contributed by atoms with van der Waals surface area (Å²) in [5.74, 6) is 0. The molecule has 0 aliphatic rings. The molecule has 1 aromatic rings. The lowest BCUT2D eigenvalue weighted by atomic mass is 9.97. The van der Waals surface area contributed by atoms with Crippen LogP contribution in [0.1, 0.15) is 36.5 Å². The summed E-state index contributed by atoms with van der Waals surface area (Å²) in [5, 5.41) is 0. The van der Waals surface area contributed by atoms with Gasteiger partial charge in [-0.3, -0.25) is 0 Å². The maximum Gasteiger partial charge on any atom is 0.264 e. The Bertz CT molecular complexity index is 334. The number of alkyl halides is 2. The van der Waals surface area contributed by atoms with Crippen LogP contribution in [0.4, 0.5) is 8.78 Å². The molecule has 82 valence electrons. The lowest BCUT2D eigenvalue weighted by molar-refractivity contribution is -0.107. The van der Waals surface area contributed by atoms with Crippen LogP contribution in [0.25, 0.3) is 0 Å². The van der Waals surface area contributed by atoms with E-state index in [1.165, 1.54) is 0 Å². The summed E-state index contributed by atoms with van der Waals surface area (Å²) < 4.78 is 25.6. The van der Waals surface area contributed by atoms with Crippen molar-refractivity contribution in [3.63, 3.8) is 0 Å². The van der Waals surface area contributed by atoms with Crippen molar-refractivity contribution in [1.82, 2.24) is 0 Å². The summed E-state index contributed by atoms with van der Waals surface area (Å²) in [5.41, 5.74) is 1.38. The summed E-state index contributed by atoms with van der Waals surface area (Å²) in [6.07, 6.45) is -0.408. The van der Waals surface area contributed by atoms with Crippen molar-refractivity contribution in [1.29, 1.82) is 0 Å². The number of benzene rings is 1. The normalized spacial score (nSPS) is 10.7. The topological polar surface area (TPSA) is 17.1 Å². The number of hydrogen-bond donors (Lipinski definition) is 0. The van der Waals surface area contributed by atoms with E-state index in [4.69, 9.17) is 0 Å². The Morgan fingerprint density at radius 1 is 1.33 bits per heavy atom. The SMILES string of the molecule is CCc1cccc(CCC=O)c1C(F)F. The van der Waals surface area contributed by atoms with Gasteiger partial charge in [-0.1, -0.05) is 25.1 Å². The minimum atomic E-state index is -2.46. The van der Waals surface area contributed by atoms with E-state index in [-0.39, 0.29) is 5.56 Å². The highest BCUT2D eigenvalue weighted by Crippen LogP contribution is 2.27. The average Bonchev–Trinajstić information content (AvgIpc) is 2.25. The molecule has 1 nitrogen and oxygen atoms in total. The molecule has 0 aliphatic carbocycles. The molecule has 0 aromatic heterocycles. The van der Waals surface area contributed by atoms with Crippen molar-refractivity contribution in [3.8, 4) is 0 Å². The van der Waals surface area contributed by atoms with E-state index in [2.05, 4.69) is 0 Å². The van der Waals surface area contributed by atoms with E-state index >= 15 is 0 Å². The predicted molar refractivity (Wildman–Crippen MR) is 55.2 cm³/mol. The Kier molecular flexibility index (Phi) is 4.40. The third kappa shape index (κ3) is 2.85. The van der Waals surface area contributed by atoms with E-state index in [0.717, 1.165) is 6.29 Å². The third-order valence-corrected chi connectivity index (χ3v) is 2.42. The first-order valence-corrected chi connectivity index (χ1v) is 5.03. The van der Waals surface area contributed by atoms with Gasteiger partial charge in [-0.25, -0.2) is 8.78 Å². The molecule has 0 N–H and O–H groups in total. The molecule has 1 aromatic carbocycles. The second-order valence-corrected chi connectivity index (χ2v) is 3.35. The van der Waals surface area contributed by atoms with Crippen molar-refractivity contribution in [2.45, 2.75) is 32.6 Å². The van der Waals surface area contributed by atoms with Crippen LogP contribution in [0.15, 0.2) is 18.2 Å². The molecule has 0 heterocycles. The highest BCUT2D eigenvalue weighted by Gasteiger charge is 2.15. The number of aldehydes is 1. The highest BCUT2D eigenvalue weighted by atomic mass is 19.3. The Balaban J connectivity index is 3.07. The fraction of sp³-hybridized carbons (Fsp3) is 0.417. The van der Waals surface area contributed by atoms with Gasteiger partial charge in [0.15, 0.2) is 0 Å². The van der Waals surface area contributed by atoms with Crippen LogP contribution in [0.2, 0.25) is 0 Å². The Labute approximate surface area is 88.1 Å². The van der Waals surface area contributed by atoms with Gasteiger partial charge in [-0.15, -0.1) is 0 Å². The molecule has 0 fully saturated rings. The molecule has 0 spiro atoms. The van der Waals surface area contributed by atoms with Gasteiger partial charge in [-0.05, 0) is 24.0 Å². The fourth-order valence-corrected chi connectivity index (χ4v) is 1.69. The van der Waals surface area contributed by atoms with Crippen LogP contribution in [0.5, 0.6) is 0 Å². The van der Waals surface area contributed by atoms with E-state index < -0.39 is 6.43 Å².